The summed E-state index contributed by atoms with van der Waals surface area (Å²) in [5.41, 5.74) is -0.327. The van der Waals surface area contributed by atoms with Gasteiger partial charge in [0, 0.05) is 0 Å². The molecule has 0 amide bonds. The minimum absolute atomic E-state index is 0.0775. The normalized spacial score (nSPS) is 11.7. The summed E-state index contributed by atoms with van der Waals surface area (Å²) >= 11 is 0. The van der Waals surface area contributed by atoms with Crippen LogP contribution in [-0.2, 0) is 6.42 Å². The highest BCUT2D eigenvalue weighted by molar-refractivity contribution is 6.73. The number of aromatic hydroxyl groups is 1. The molecule has 0 saturated carbocycles. The highest BCUT2D eigenvalue weighted by Gasteiger charge is 2.25. The maximum atomic E-state index is 12.2. The number of rotatable bonds is 2. The van der Waals surface area contributed by atoms with E-state index in [1.807, 2.05) is 0 Å². The van der Waals surface area contributed by atoms with Crippen LogP contribution < -0.4 is 5.46 Å². The van der Waals surface area contributed by atoms with Gasteiger partial charge in [0.25, 0.3) is 0 Å². The van der Waals surface area contributed by atoms with Crippen LogP contribution in [0.5, 0.6) is 5.75 Å². The van der Waals surface area contributed by atoms with Crippen LogP contribution in [0, 0.1) is 0 Å². The van der Waals surface area contributed by atoms with Crippen LogP contribution in [0.3, 0.4) is 0 Å². The summed E-state index contributed by atoms with van der Waals surface area (Å²) in [4.78, 5) is 0. The summed E-state index contributed by atoms with van der Waals surface area (Å²) < 4.78 is 36.7. The molecule has 0 spiro atoms. The summed E-state index contributed by atoms with van der Waals surface area (Å²) in [6.07, 6.45) is 0.395. The lowest BCUT2D eigenvalue weighted by atomic mass is 9.79. The van der Waals surface area contributed by atoms with Gasteiger partial charge in [-0.25, -0.2) is 0 Å². The molecule has 72 valence electrons. The van der Waals surface area contributed by atoms with Crippen LogP contribution in [0.4, 0.5) is 12.9 Å². The van der Waals surface area contributed by atoms with E-state index in [0.29, 0.717) is 12.0 Å². The first-order valence-corrected chi connectivity index (χ1v) is 3.97. The van der Waals surface area contributed by atoms with Gasteiger partial charge in [-0.2, -0.15) is 0 Å². The Morgan fingerprint density at radius 3 is 2.38 bits per heavy atom. The molecule has 0 saturated heterocycles. The van der Waals surface area contributed by atoms with Crippen molar-refractivity contribution in [3.63, 3.8) is 0 Å². The smallest absolute Gasteiger partial charge is 0.508 e. The van der Waals surface area contributed by atoms with Crippen LogP contribution >= 0.6 is 0 Å². The molecule has 0 radical (unpaired) electrons. The molecular formula is C8H9BF3O-. The molecule has 1 nitrogen and oxygen atoms in total. The number of aryl methyl sites for hydroxylation is 1. The fraction of sp³-hybridized carbons (Fsp3) is 0.250. The van der Waals surface area contributed by atoms with Crippen LogP contribution in [0.25, 0.3) is 0 Å². The van der Waals surface area contributed by atoms with E-state index in [0.717, 1.165) is 18.2 Å². The highest BCUT2D eigenvalue weighted by atomic mass is 19.4. The fourth-order valence-corrected chi connectivity index (χ4v) is 1.09. The molecule has 1 rings (SSSR count). The van der Waals surface area contributed by atoms with Gasteiger partial charge in [-0.1, -0.05) is 19.1 Å². The van der Waals surface area contributed by atoms with Crippen molar-refractivity contribution < 1.29 is 18.1 Å². The van der Waals surface area contributed by atoms with E-state index >= 15 is 0 Å². The fourth-order valence-electron chi connectivity index (χ4n) is 1.09. The van der Waals surface area contributed by atoms with Crippen molar-refractivity contribution in [2.24, 2.45) is 0 Å². The lowest BCUT2D eigenvalue weighted by molar-refractivity contribution is 0.468. The molecule has 1 aromatic carbocycles. The summed E-state index contributed by atoms with van der Waals surface area (Å²) in [6.45, 7) is -3.26. The van der Waals surface area contributed by atoms with E-state index in [1.165, 1.54) is 0 Å². The molecule has 1 N–H and O–H groups in total. The number of hydrogen-bond donors (Lipinski definition) is 1. The summed E-state index contributed by atoms with van der Waals surface area (Å²) in [7, 11) is 0. The number of halogens is 3. The van der Waals surface area contributed by atoms with Gasteiger partial charge in [0.05, 0.1) is 0 Å². The Morgan fingerprint density at radius 1 is 1.31 bits per heavy atom. The maximum absolute atomic E-state index is 12.2. The Morgan fingerprint density at radius 2 is 1.92 bits per heavy atom. The first kappa shape index (κ1) is 9.96. The van der Waals surface area contributed by atoms with E-state index in [9.17, 15) is 12.9 Å². The van der Waals surface area contributed by atoms with Crippen LogP contribution in [0.1, 0.15) is 12.5 Å². The average molecular weight is 189 g/mol. The van der Waals surface area contributed by atoms with Crippen LogP contribution in [-0.4, -0.2) is 12.1 Å². The van der Waals surface area contributed by atoms with Crippen molar-refractivity contribution in [3.8, 4) is 5.75 Å². The Balaban J connectivity index is 3.14. The molecule has 0 aliphatic heterocycles. The van der Waals surface area contributed by atoms with Gasteiger partial charge < -0.3 is 18.1 Å². The molecule has 0 bridgehead atoms. The van der Waals surface area contributed by atoms with Crippen molar-refractivity contribution >= 4 is 12.4 Å². The first-order chi connectivity index (χ1) is 5.95. The Hall–Kier alpha value is -1.13. The lowest BCUT2D eigenvalue weighted by Crippen LogP contribution is -2.34. The van der Waals surface area contributed by atoms with Crippen molar-refractivity contribution in [3.05, 3.63) is 23.8 Å². The van der Waals surface area contributed by atoms with Gasteiger partial charge in [-0.15, -0.1) is 5.46 Å². The molecule has 0 heterocycles. The van der Waals surface area contributed by atoms with Gasteiger partial charge in [0.2, 0.25) is 0 Å². The summed E-state index contributed by atoms with van der Waals surface area (Å²) in [5, 5.41) is 9.14. The standard InChI is InChI=1S/C8H9BF3O/c1-2-6-5-7(9(10,11)12)3-4-8(6)13/h3-5,13H,2H2,1H3/q-1. The van der Waals surface area contributed by atoms with Crippen molar-refractivity contribution in [1.82, 2.24) is 0 Å². The van der Waals surface area contributed by atoms with Gasteiger partial charge in [0.1, 0.15) is 5.75 Å². The van der Waals surface area contributed by atoms with Crippen molar-refractivity contribution in [2.75, 3.05) is 0 Å². The number of phenols is 1. The molecule has 0 aliphatic rings. The molecular weight excluding hydrogens is 180 g/mol. The van der Waals surface area contributed by atoms with Gasteiger partial charge in [-0.3, -0.25) is 0 Å². The molecule has 13 heavy (non-hydrogen) atoms. The molecule has 0 unspecified atom stereocenters. The maximum Gasteiger partial charge on any atom is 0.509 e. The van der Waals surface area contributed by atoms with Crippen molar-refractivity contribution in [1.29, 1.82) is 0 Å². The molecule has 0 atom stereocenters. The van der Waals surface area contributed by atoms with Crippen molar-refractivity contribution in [2.45, 2.75) is 13.3 Å². The summed E-state index contributed by atoms with van der Waals surface area (Å²) in [6, 6.07) is 2.98. The second-order valence-electron chi connectivity index (χ2n) is 2.82. The zero-order chi connectivity index (χ0) is 10.1. The SMILES string of the molecule is CCc1cc([B-](F)(F)F)ccc1O. The quantitative estimate of drug-likeness (QED) is 0.705. The Labute approximate surface area is 74.3 Å². The topological polar surface area (TPSA) is 20.2 Å². The lowest BCUT2D eigenvalue weighted by Gasteiger charge is -2.16. The second kappa shape index (κ2) is 3.32. The highest BCUT2D eigenvalue weighted by Crippen LogP contribution is 2.18. The second-order valence-corrected chi connectivity index (χ2v) is 2.82. The van der Waals surface area contributed by atoms with E-state index < -0.39 is 12.4 Å². The number of benzene rings is 1. The minimum Gasteiger partial charge on any atom is -0.508 e. The van der Waals surface area contributed by atoms with E-state index in [4.69, 9.17) is 5.11 Å². The predicted molar refractivity (Wildman–Crippen MR) is 46.2 cm³/mol. The third kappa shape index (κ3) is 2.17. The number of phenolic OH excluding ortho intramolecular Hbond substituents is 1. The summed E-state index contributed by atoms with van der Waals surface area (Å²) in [5.74, 6) is -0.0775. The largest absolute Gasteiger partial charge is 0.509 e. The molecule has 0 aromatic heterocycles. The zero-order valence-corrected chi connectivity index (χ0v) is 7.10. The monoisotopic (exact) mass is 189 g/mol. The molecule has 0 aliphatic carbocycles. The average Bonchev–Trinajstić information content (AvgIpc) is 2.03. The molecule has 0 fully saturated rings. The van der Waals surface area contributed by atoms with Gasteiger partial charge in [0.15, 0.2) is 0 Å². The predicted octanol–water partition coefficient (Wildman–Crippen LogP) is 2.01. The Bertz CT molecular complexity index is 309. The van der Waals surface area contributed by atoms with E-state index in [2.05, 4.69) is 0 Å². The minimum atomic E-state index is -4.96. The third-order valence-corrected chi connectivity index (χ3v) is 1.86. The number of hydrogen-bond acceptors (Lipinski definition) is 1. The van der Waals surface area contributed by atoms with Gasteiger partial charge in [-0.05, 0) is 18.1 Å². The van der Waals surface area contributed by atoms with E-state index in [1.54, 1.807) is 6.92 Å². The Kier molecular flexibility index (Phi) is 2.54. The van der Waals surface area contributed by atoms with Gasteiger partial charge >= 0.3 is 6.98 Å². The molecule has 5 heteroatoms. The van der Waals surface area contributed by atoms with Crippen LogP contribution in [0.15, 0.2) is 18.2 Å². The first-order valence-electron chi connectivity index (χ1n) is 3.97. The molecule has 1 aromatic rings. The zero-order valence-electron chi connectivity index (χ0n) is 7.10. The van der Waals surface area contributed by atoms with E-state index in [-0.39, 0.29) is 5.75 Å². The van der Waals surface area contributed by atoms with Crippen LogP contribution in [0.2, 0.25) is 0 Å². The third-order valence-electron chi connectivity index (χ3n) is 1.86.